The highest BCUT2D eigenvalue weighted by Gasteiger charge is 2.14. The van der Waals surface area contributed by atoms with Crippen LogP contribution in [0.4, 0.5) is 0 Å². The number of rotatable bonds is 5. The first kappa shape index (κ1) is 18.9. The minimum atomic E-state index is -0.171. The van der Waals surface area contributed by atoms with E-state index in [4.69, 9.17) is 13.9 Å². The minimum Gasteiger partial charge on any atom is -0.454 e. The standard InChI is InChI=1S/C24H19N3O4/c1-15-2-5-18(6-3-15)23-26-27-24(31-23)19-9-7-17(8-10-19)22(28)25-13-16-4-11-20-21(12-16)30-14-29-20/h2-12H,13-14H2,1H3,(H,25,28). The van der Waals surface area contributed by atoms with Crippen LogP contribution in [0.1, 0.15) is 21.5 Å². The van der Waals surface area contributed by atoms with Gasteiger partial charge in [0.1, 0.15) is 0 Å². The Balaban J connectivity index is 1.24. The average molecular weight is 413 g/mol. The number of fused-ring (bicyclic) bond motifs is 1. The van der Waals surface area contributed by atoms with Gasteiger partial charge in [-0.1, -0.05) is 23.8 Å². The number of hydrogen-bond donors (Lipinski definition) is 1. The van der Waals surface area contributed by atoms with Gasteiger partial charge in [-0.15, -0.1) is 10.2 Å². The predicted molar refractivity (Wildman–Crippen MR) is 114 cm³/mol. The Morgan fingerprint density at radius 3 is 2.23 bits per heavy atom. The van der Waals surface area contributed by atoms with E-state index in [1.807, 2.05) is 49.4 Å². The molecule has 0 atom stereocenters. The maximum absolute atomic E-state index is 12.5. The van der Waals surface area contributed by atoms with Gasteiger partial charge in [0.05, 0.1) is 0 Å². The summed E-state index contributed by atoms with van der Waals surface area (Å²) in [5.74, 6) is 2.11. The molecule has 0 radical (unpaired) electrons. The van der Waals surface area contributed by atoms with E-state index < -0.39 is 0 Å². The Morgan fingerprint density at radius 1 is 0.871 bits per heavy atom. The summed E-state index contributed by atoms with van der Waals surface area (Å²) in [5.41, 5.74) is 4.25. The zero-order valence-corrected chi connectivity index (χ0v) is 16.8. The Hall–Kier alpha value is -4.13. The van der Waals surface area contributed by atoms with E-state index in [0.29, 0.717) is 29.6 Å². The van der Waals surface area contributed by atoms with Crippen LogP contribution in [0.3, 0.4) is 0 Å². The molecule has 0 bridgehead atoms. The van der Waals surface area contributed by atoms with Gasteiger partial charge in [0.2, 0.25) is 18.6 Å². The van der Waals surface area contributed by atoms with E-state index >= 15 is 0 Å². The predicted octanol–water partition coefficient (Wildman–Crippen LogP) is 4.37. The van der Waals surface area contributed by atoms with E-state index in [0.717, 1.165) is 28.0 Å². The van der Waals surface area contributed by atoms with Crippen molar-refractivity contribution in [3.8, 4) is 34.4 Å². The van der Waals surface area contributed by atoms with Crippen molar-refractivity contribution < 1.29 is 18.7 Å². The third-order valence-corrected chi connectivity index (χ3v) is 5.01. The highest BCUT2D eigenvalue weighted by atomic mass is 16.7. The van der Waals surface area contributed by atoms with E-state index in [1.165, 1.54) is 0 Å². The molecule has 1 aromatic heterocycles. The molecule has 0 aliphatic carbocycles. The molecular formula is C24H19N3O4. The summed E-state index contributed by atoms with van der Waals surface area (Å²) in [6.45, 7) is 2.64. The van der Waals surface area contributed by atoms with Crippen molar-refractivity contribution in [3.63, 3.8) is 0 Å². The molecule has 7 heteroatoms. The molecule has 1 aliphatic heterocycles. The lowest BCUT2D eigenvalue weighted by molar-refractivity contribution is 0.0951. The zero-order chi connectivity index (χ0) is 21.2. The molecule has 3 aromatic carbocycles. The number of ether oxygens (including phenoxy) is 2. The summed E-state index contributed by atoms with van der Waals surface area (Å²) in [6, 6.07) is 20.6. The molecule has 0 fully saturated rings. The normalized spacial score (nSPS) is 12.0. The fraction of sp³-hybridized carbons (Fsp3) is 0.125. The van der Waals surface area contributed by atoms with Gasteiger partial charge < -0.3 is 19.2 Å². The van der Waals surface area contributed by atoms with Crippen LogP contribution in [0.2, 0.25) is 0 Å². The number of benzene rings is 3. The molecule has 31 heavy (non-hydrogen) atoms. The highest BCUT2D eigenvalue weighted by Crippen LogP contribution is 2.32. The second-order valence-electron chi connectivity index (χ2n) is 7.23. The molecule has 1 aliphatic rings. The largest absolute Gasteiger partial charge is 0.454 e. The summed E-state index contributed by atoms with van der Waals surface area (Å²) in [5, 5.41) is 11.2. The minimum absolute atomic E-state index is 0.171. The molecule has 0 saturated carbocycles. The third-order valence-electron chi connectivity index (χ3n) is 5.01. The van der Waals surface area contributed by atoms with Crippen LogP contribution >= 0.6 is 0 Å². The molecule has 1 amide bonds. The second kappa shape index (κ2) is 7.95. The number of carbonyl (C=O) groups excluding carboxylic acids is 1. The summed E-state index contributed by atoms with van der Waals surface area (Å²) in [7, 11) is 0. The highest BCUT2D eigenvalue weighted by molar-refractivity contribution is 5.94. The van der Waals surface area contributed by atoms with Crippen LogP contribution in [0.15, 0.2) is 71.1 Å². The maximum Gasteiger partial charge on any atom is 0.251 e. The number of nitrogens with one attached hydrogen (secondary N) is 1. The van der Waals surface area contributed by atoms with Gasteiger partial charge in [-0.2, -0.15) is 0 Å². The first-order valence-corrected chi connectivity index (χ1v) is 9.83. The van der Waals surface area contributed by atoms with Crippen molar-refractivity contribution in [2.24, 2.45) is 0 Å². The lowest BCUT2D eigenvalue weighted by Gasteiger charge is -2.07. The molecule has 4 aromatic rings. The van der Waals surface area contributed by atoms with E-state index in [2.05, 4.69) is 15.5 Å². The maximum atomic E-state index is 12.5. The second-order valence-corrected chi connectivity index (χ2v) is 7.23. The number of carbonyl (C=O) groups is 1. The van der Waals surface area contributed by atoms with Gasteiger partial charge in [-0.25, -0.2) is 0 Å². The number of aromatic nitrogens is 2. The fourth-order valence-corrected chi connectivity index (χ4v) is 3.25. The van der Waals surface area contributed by atoms with Crippen LogP contribution in [0.25, 0.3) is 22.9 Å². The summed E-state index contributed by atoms with van der Waals surface area (Å²) < 4.78 is 16.5. The smallest absolute Gasteiger partial charge is 0.251 e. The monoisotopic (exact) mass is 413 g/mol. The van der Waals surface area contributed by atoms with E-state index in [9.17, 15) is 4.79 Å². The van der Waals surface area contributed by atoms with Crippen molar-refractivity contribution in [1.82, 2.24) is 15.5 Å². The first-order chi connectivity index (χ1) is 15.2. The van der Waals surface area contributed by atoms with Crippen molar-refractivity contribution >= 4 is 5.91 Å². The molecule has 5 rings (SSSR count). The van der Waals surface area contributed by atoms with Crippen LogP contribution in [0.5, 0.6) is 11.5 Å². The van der Waals surface area contributed by atoms with E-state index in [1.54, 1.807) is 24.3 Å². The van der Waals surface area contributed by atoms with Gasteiger partial charge >= 0.3 is 0 Å². The van der Waals surface area contributed by atoms with Gasteiger partial charge in [0.15, 0.2) is 11.5 Å². The van der Waals surface area contributed by atoms with Crippen LogP contribution in [-0.4, -0.2) is 22.9 Å². The average Bonchev–Trinajstić information content (AvgIpc) is 3.47. The Morgan fingerprint density at radius 2 is 1.52 bits per heavy atom. The van der Waals surface area contributed by atoms with Gasteiger partial charge in [0, 0.05) is 23.2 Å². The van der Waals surface area contributed by atoms with Gasteiger partial charge in [0.25, 0.3) is 5.91 Å². The van der Waals surface area contributed by atoms with Gasteiger partial charge in [-0.05, 0) is 61.0 Å². The van der Waals surface area contributed by atoms with Crippen LogP contribution < -0.4 is 14.8 Å². The topological polar surface area (TPSA) is 86.5 Å². The number of aryl methyl sites for hydroxylation is 1. The van der Waals surface area contributed by atoms with Crippen molar-refractivity contribution in [2.75, 3.05) is 6.79 Å². The lowest BCUT2D eigenvalue weighted by Crippen LogP contribution is -2.22. The third kappa shape index (κ3) is 3.98. The molecule has 7 nitrogen and oxygen atoms in total. The SMILES string of the molecule is Cc1ccc(-c2nnc(-c3ccc(C(=O)NCc4ccc5c(c4)OCO5)cc3)o2)cc1. The molecule has 0 saturated heterocycles. The fourth-order valence-electron chi connectivity index (χ4n) is 3.25. The Kier molecular flexibility index (Phi) is 4.84. The van der Waals surface area contributed by atoms with Crippen molar-refractivity contribution in [1.29, 1.82) is 0 Å². The summed E-state index contributed by atoms with van der Waals surface area (Å²) in [4.78, 5) is 12.5. The molecule has 0 unspecified atom stereocenters. The molecule has 154 valence electrons. The zero-order valence-electron chi connectivity index (χ0n) is 16.8. The van der Waals surface area contributed by atoms with Crippen molar-refractivity contribution in [3.05, 3.63) is 83.4 Å². The van der Waals surface area contributed by atoms with Gasteiger partial charge in [-0.3, -0.25) is 4.79 Å². The summed E-state index contributed by atoms with van der Waals surface area (Å²) >= 11 is 0. The van der Waals surface area contributed by atoms with E-state index in [-0.39, 0.29) is 12.7 Å². The quantitative estimate of drug-likeness (QED) is 0.523. The Bertz CT molecular complexity index is 1230. The lowest BCUT2D eigenvalue weighted by atomic mass is 10.1. The van der Waals surface area contributed by atoms with Crippen molar-refractivity contribution in [2.45, 2.75) is 13.5 Å². The summed E-state index contributed by atoms with van der Waals surface area (Å²) in [6.07, 6.45) is 0. The Labute approximate surface area is 178 Å². The molecular weight excluding hydrogens is 394 g/mol. The molecule has 0 spiro atoms. The van der Waals surface area contributed by atoms with Crippen LogP contribution in [-0.2, 0) is 6.54 Å². The molecule has 2 heterocycles. The number of hydrogen-bond acceptors (Lipinski definition) is 6. The van der Waals surface area contributed by atoms with Crippen LogP contribution in [0, 0.1) is 6.92 Å². The number of nitrogens with zero attached hydrogens (tertiary/aromatic N) is 2. The number of amides is 1. The molecule has 1 N–H and O–H groups in total. The first-order valence-electron chi connectivity index (χ1n) is 9.83.